The minimum Gasteiger partial charge on any atom is -0.456 e. The van der Waals surface area contributed by atoms with Crippen molar-refractivity contribution in [1.29, 1.82) is 5.26 Å². The lowest BCUT2D eigenvalue weighted by Gasteiger charge is -2.24. The number of fused-ring (bicyclic) bond motifs is 14. The van der Waals surface area contributed by atoms with Crippen LogP contribution < -0.4 is 0 Å². The minimum atomic E-state index is 0.491. The van der Waals surface area contributed by atoms with Crippen molar-refractivity contribution in [2.24, 2.45) is 0 Å². The van der Waals surface area contributed by atoms with Crippen molar-refractivity contribution in [1.82, 2.24) is 4.57 Å². The Morgan fingerprint density at radius 1 is 0.468 bits per heavy atom. The van der Waals surface area contributed by atoms with Crippen molar-refractivity contribution < 1.29 is 4.42 Å². The fourth-order valence-electron chi connectivity index (χ4n) is 9.87. The van der Waals surface area contributed by atoms with Crippen molar-refractivity contribution in [3.05, 3.63) is 193 Å². The molecule has 0 saturated heterocycles. The Balaban J connectivity index is 1.32. The molecular weight excluding hydrogens is 795 g/mol. The summed E-state index contributed by atoms with van der Waals surface area (Å²) >= 11 is 3.57. The first-order valence-electron chi connectivity index (χ1n) is 20.4. The number of benzene rings is 9. The van der Waals surface area contributed by atoms with Gasteiger partial charge in [0.1, 0.15) is 17.2 Å². The van der Waals surface area contributed by atoms with Gasteiger partial charge in [-0.1, -0.05) is 146 Å². The van der Waals surface area contributed by atoms with Gasteiger partial charge in [-0.05, 0) is 58.1 Å². The molecule has 0 atom stereocenters. The zero-order valence-electron chi connectivity index (χ0n) is 32.8. The Kier molecular flexibility index (Phi) is 7.44. The van der Waals surface area contributed by atoms with Crippen LogP contribution in [0.4, 0.5) is 5.69 Å². The van der Waals surface area contributed by atoms with E-state index in [2.05, 4.69) is 125 Å². The van der Waals surface area contributed by atoms with E-state index in [-0.39, 0.29) is 0 Å². The summed E-state index contributed by atoms with van der Waals surface area (Å²) in [7, 11) is 0. The molecule has 0 fully saturated rings. The molecule has 62 heavy (non-hydrogen) atoms. The Bertz CT molecular complexity index is 3990. The fourth-order valence-corrected chi connectivity index (χ4v) is 12.3. The van der Waals surface area contributed by atoms with Gasteiger partial charge in [0.05, 0.1) is 38.3 Å². The summed E-state index contributed by atoms with van der Waals surface area (Å²) in [6.45, 7) is 9.20. The number of furan rings is 1. The quantitative estimate of drug-likeness (QED) is 0.166. The largest absolute Gasteiger partial charge is 0.456 e. The molecule has 4 nitrogen and oxygen atoms in total. The minimum absolute atomic E-state index is 0.491. The van der Waals surface area contributed by atoms with Crippen LogP contribution in [-0.4, -0.2) is 4.57 Å². The molecule has 0 aliphatic heterocycles. The fraction of sp³-hybridized carbons (Fsp3) is 0. The van der Waals surface area contributed by atoms with Crippen LogP contribution in [0.25, 0.3) is 128 Å². The second kappa shape index (κ2) is 13.3. The van der Waals surface area contributed by atoms with E-state index in [0.717, 1.165) is 81.0 Å². The Morgan fingerprint density at radius 2 is 0.984 bits per heavy atom. The average molecular weight is 824 g/mol. The van der Waals surface area contributed by atoms with Gasteiger partial charge in [-0.2, -0.15) is 5.26 Å². The van der Waals surface area contributed by atoms with Crippen LogP contribution in [0.2, 0.25) is 0 Å². The lowest BCUT2D eigenvalue weighted by molar-refractivity contribution is 0.669. The smallest absolute Gasteiger partial charge is 0.205 e. The third-order valence-electron chi connectivity index (χ3n) is 12.5. The van der Waals surface area contributed by atoms with E-state index in [1.807, 2.05) is 66.7 Å². The summed E-state index contributed by atoms with van der Waals surface area (Å²) in [6, 6.07) is 63.6. The summed E-state index contributed by atoms with van der Waals surface area (Å²) in [5.41, 5.74) is 10.1. The van der Waals surface area contributed by atoms with Gasteiger partial charge in [-0.25, -0.2) is 4.85 Å². The summed E-state index contributed by atoms with van der Waals surface area (Å²) in [4.78, 5) is 4.53. The van der Waals surface area contributed by atoms with Crippen molar-refractivity contribution in [3.63, 3.8) is 0 Å². The second-order valence-electron chi connectivity index (χ2n) is 15.7. The molecule has 0 amide bonds. The van der Waals surface area contributed by atoms with Crippen LogP contribution in [0.1, 0.15) is 5.56 Å². The number of thiophene rings is 2. The molecule has 0 aliphatic carbocycles. The third kappa shape index (κ3) is 4.79. The number of nitriles is 1. The molecule has 0 saturated carbocycles. The van der Waals surface area contributed by atoms with Gasteiger partial charge in [0.2, 0.25) is 5.69 Å². The topological polar surface area (TPSA) is 46.2 Å². The van der Waals surface area contributed by atoms with Gasteiger partial charge in [-0.15, -0.1) is 22.7 Å². The molecule has 286 valence electrons. The molecule has 6 heteroatoms. The predicted molar refractivity (Wildman–Crippen MR) is 261 cm³/mol. The maximum Gasteiger partial charge on any atom is 0.205 e. The molecule has 4 aromatic heterocycles. The zero-order valence-corrected chi connectivity index (χ0v) is 34.4. The lowest BCUT2D eigenvalue weighted by Crippen LogP contribution is -2.05. The van der Waals surface area contributed by atoms with Crippen LogP contribution >= 0.6 is 22.7 Å². The summed E-state index contributed by atoms with van der Waals surface area (Å²) < 4.78 is 13.4. The van der Waals surface area contributed by atoms with Crippen LogP contribution in [0.3, 0.4) is 0 Å². The van der Waals surface area contributed by atoms with Crippen molar-refractivity contribution in [2.75, 3.05) is 0 Å². The number of aromatic nitrogens is 1. The number of para-hydroxylation sites is 1. The summed E-state index contributed by atoms with van der Waals surface area (Å²) in [5.74, 6) is 0. The van der Waals surface area contributed by atoms with Crippen LogP contribution in [0.15, 0.2) is 180 Å². The highest BCUT2D eigenvalue weighted by Crippen LogP contribution is 2.55. The number of nitrogens with zero attached hydrogens (tertiary/aromatic N) is 3. The van der Waals surface area contributed by atoms with E-state index >= 15 is 0 Å². The van der Waals surface area contributed by atoms with Crippen LogP contribution in [0, 0.1) is 17.9 Å². The van der Waals surface area contributed by atoms with E-state index in [9.17, 15) is 11.8 Å². The first-order valence-corrected chi connectivity index (χ1v) is 22.1. The highest BCUT2D eigenvalue weighted by Gasteiger charge is 2.31. The first-order chi connectivity index (χ1) is 30.7. The zero-order chi connectivity index (χ0) is 41.1. The van der Waals surface area contributed by atoms with Gasteiger partial charge in [-0.3, -0.25) is 0 Å². The highest BCUT2D eigenvalue weighted by molar-refractivity contribution is 7.27. The average Bonchev–Trinajstić information content (AvgIpc) is 4.10. The van der Waals surface area contributed by atoms with Gasteiger partial charge >= 0.3 is 0 Å². The van der Waals surface area contributed by atoms with Crippen LogP contribution in [0.5, 0.6) is 0 Å². The Hall–Kier alpha value is -8.00. The SMILES string of the molecule is [C-]#[N+]c1c(-c2ccccc2)c(-c2ccc3oc4ccccc4c3c2)c(C#N)c(-n2c3c(ccc4c5ccccc5sc43)c3ccc4c5ccccc5sc4c32)c1-c1ccccc1. The molecule has 4 heterocycles. The van der Waals surface area contributed by atoms with Crippen molar-refractivity contribution in [2.45, 2.75) is 0 Å². The predicted octanol–water partition coefficient (Wildman–Crippen LogP) is 16.8. The monoisotopic (exact) mass is 823 g/mol. The standard InChI is InChI=1S/C56H29N3OS2/c1-58-51-49(32-14-4-2-5-15-32)48(34-24-29-45-42(30-34)35-18-8-11-21-44(35)60-45)43(31-57)52(50(51)33-16-6-3-7-17-33)59-53-38(25-27-40-36-19-9-12-22-46(36)61-55(40)53)39-26-28-41-37-20-10-13-23-47(37)62-56(41)54(39)59/h2-30H. The van der Waals surface area contributed by atoms with E-state index < -0.39 is 0 Å². The van der Waals surface area contributed by atoms with Gasteiger partial charge in [0, 0.05) is 58.1 Å². The Labute approximate surface area is 362 Å². The lowest BCUT2D eigenvalue weighted by atomic mass is 9.83. The summed E-state index contributed by atoms with van der Waals surface area (Å²) in [5, 5.41) is 20.9. The maximum atomic E-state index is 12.1. The second-order valence-corrected chi connectivity index (χ2v) is 17.8. The molecule has 13 aromatic rings. The molecule has 13 rings (SSSR count). The van der Waals surface area contributed by atoms with Gasteiger partial charge in [0.15, 0.2) is 0 Å². The molecule has 0 N–H and O–H groups in total. The molecular formula is C56H29N3OS2. The van der Waals surface area contributed by atoms with E-state index in [0.29, 0.717) is 22.5 Å². The highest BCUT2D eigenvalue weighted by atomic mass is 32.1. The maximum absolute atomic E-state index is 12.1. The van der Waals surface area contributed by atoms with E-state index in [4.69, 9.17) is 4.42 Å². The first kappa shape index (κ1) is 34.8. The number of hydrogen-bond donors (Lipinski definition) is 0. The van der Waals surface area contributed by atoms with Crippen molar-refractivity contribution in [3.8, 4) is 45.1 Å². The molecule has 0 radical (unpaired) electrons. The Morgan fingerprint density at radius 3 is 1.58 bits per heavy atom. The van der Waals surface area contributed by atoms with Gasteiger partial charge in [0.25, 0.3) is 0 Å². The van der Waals surface area contributed by atoms with Crippen LogP contribution in [-0.2, 0) is 0 Å². The van der Waals surface area contributed by atoms with E-state index in [1.54, 1.807) is 22.7 Å². The normalized spacial score (nSPS) is 11.8. The summed E-state index contributed by atoms with van der Waals surface area (Å²) in [6.07, 6.45) is 0. The van der Waals surface area contributed by atoms with Gasteiger partial charge < -0.3 is 8.98 Å². The number of rotatable bonds is 4. The molecule has 9 aromatic carbocycles. The molecule has 0 aliphatic rings. The van der Waals surface area contributed by atoms with E-state index in [1.165, 1.54) is 30.9 Å². The molecule has 0 spiro atoms. The molecule has 0 bridgehead atoms. The van der Waals surface area contributed by atoms with Crippen molar-refractivity contribution >= 4 is 112 Å². The third-order valence-corrected chi connectivity index (χ3v) is 14.9. The molecule has 0 unspecified atom stereocenters. The number of hydrogen-bond acceptors (Lipinski definition) is 4.